The summed E-state index contributed by atoms with van der Waals surface area (Å²) in [4.78, 5) is 23.9. The maximum Gasteiger partial charge on any atom is 0.233 e. The monoisotopic (exact) mass is 335 g/mol. The van der Waals surface area contributed by atoms with Crippen molar-refractivity contribution < 1.29 is 14.3 Å². The van der Waals surface area contributed by atoms with Crippen molar-refractivity contribution in [3.05, 3.63) is 0 Å². The summed E-state index contributed by atoms with van der Waals surface area (Å²) in [5, 5.41) is 6.75. The van der Waals surface area contributed by atoms with Gasteiger partial charge in [0.05, 0.1) is 18.5 Å². The Morgan fingerprint density at radius 3 is 2.26 bits per heavy atom. The van der Waals surface area contributed by atoms with Crippen LogP contribution < -0.4 is 10.6 Å². The van der Waals surface area contributed by atoms with E-state index in [-0.39, 0.29) is 11.7 Å². The summed E-state index contributed by atoms with van der Waals surface area (Å²) in [5.41, 5.74) is 0. The fourth-order valence-electron chi connectivity index (χ4n) is 1.81. The number of nitrogens with one attached hydrogen (secondary N) is 2. The molecular weight excluding hydrogens is 314 g/mol. The molecule has 2 aliphatic heterocycles. The maximum atomic E-state index is 11.2. The van der Waals surface area contributed by atoms with Gasteiger partial charge < -0.3 is 20.3 Å². The summed E-state index contributed by atoms with van der Waals surface area (Å²) in [6, 6.07) is 0. The highest BCUT2D eigenvalue weighted by atomic mass is 79.9. The molecule has 1 unspecified atom stereocenters. The van der Waals surface area contributed by atoms with E-state index < -0.39 is 6.10 Å². The molecule has 2 aliphatic rings. The van der Waals surface area contributed by atoms with Crippen molar-refractivity contribution in [3.63, 3.8) is 0 Å². The topological polar surface area (TPSA) is 70.7 Å². The van der Waals surface area contributed by atoms with Crippen LogP contribution in [0.5, 0.6) is 0 Å². The summed E-state index contributed by atoms with van der Waals surface area (Å²) in [6.45, 7) is 7.45. The molecule has 2 heterocycles. The van der Waals surface area contributed by atoms with Crippen LogP contribution in [0.1, 0.15) is 6.92 Å². The van der Waals surface area contributed by atoms with Gasteiger partial charge in [-0.05, 0) is 6.92 Å². The summed E-state index contributed by atoms with van der Waals surface area (Å²) in [7, 11) is 0. The van der Waals surface area contributed by atoms with E-state index in [0.717, 1.165) is 26.2 Å². The Balaban J connectivity index is 0.000000250. The second-order valence-electron chi connectivity index (χ2n) is 4.44. The average molecular weight is 336 g/mol. The molecule has 2 rings (SSSR count). The zero-order valence-electron chi connectivity index (χ0n) is 11.3. The van der Waals surface area contributed by atoms with Gasteiger partial charge in [-0.2, -0.15) is 0 Å². The number of amides is 1. The molecule has 19 heavy (non-hydrogen) atoms. The highest BCUT2D eigenvalue weighted by molar-refractivity contribution is 9.09. The number of hydrogen-bond donors (Lipinski definition) is 2. The Bertz CT molecular complexity index is 286. The van der Waals surface area contributed by atoms with Gasteiger partial charge in [-0.1, -0.05) is 15.9 Å². The van der Waals surface area contributed by atoms with E-state index in [2.05, 4.69) is 26.6 Å². The van der Waals surface area contributed by atoms with Gasteiger partial charge in [0.2, 0.25) is 5.91 Å². The number of morpholine rings is 1. The Morgan fingerprint density at radius 1 is 1.26 bits per heavy atom. The molecule has 6 nitrogen and oxygen atoms in total. The standard InChI is InChI=1S/C8H12BrNO3.C4H10N2/c1-6(11)7-5-10(2-3-13-7)8(12)4-9;1-2-6-4-3-5-1/h7H,2-5H2,1H3;5-6H,1-4H2. The predicted octanol–water partition coefficient (Wildman–Crippen LogP) is -0.623. The van der Waals surface area contributed by atoms with Crippen LogP contribution in [0.15, 0.2) is 0 Å². The molecule has 0 aliphatic carbocycles. The van der Waals surface area contributed by atoms with Gasteiger partial charge in [0.1, 0.15) is 6.10 Å². The number of ketones is 1. The summed E-state index contributed by atoms with van der Waals surface area (Å²) in [6.07, 6.45) is -0.434. The van der Waals surface area contributed by atoms with Crippen molar-refractivity contribution in [2.24, 2.45) is 0 Å². The van der Waals surface area contributed by atoms with Crippen molar-refractivity contribution in [2.45, 2.75) is 13.0 Å². The molecule has 0 saturated carbocycles. The van der Waals surface area contributed by atoms with Crippen LogP contribution in [0.2, 0.25) is 0 Å². The lowest BCUT2D eigenvalue weighted by atomic mass is 10.2. The molecule has 2 saturated heterocycles. The van der Waals surface area contributed by atoms with Gasteiger partial charge in [0.25, 0.3) is 0 Å². The highest BCUT2D eigenvalue weighted by Gasteiger charge is 2.26. The smallest absolute Gasteiger partial charge is 0.233 e. The molecule has 0 aromatic rings. The first-order chi connectivity index (χ1) is 9.15. The molecule has 110 valence electrons. The van der Waals surface area contributed by atoms with Crippen LogP contribution in [-0.4, -0.2) is 73.9 Å². The third-order valence-electron chi connectivity index (χ3n) is 2.94. The minimum absolute atomic E-state index is 0.00884. The molecule has 1 atom stereocenters. The van der Waals surface area contributed by atoms with Crippen LogP contribution >= 0.6 is 15.9 Å². The lowest BCUT2D eigenvalue weighted by Crippen LogP contribution is -2.48. The van der Waals surface area contributed by atoms with Gasteiger partial charge in [0.15, 0.2) is 5.78 Å². The Morgan fingerprint density at radius 2 is 1.84 bits per heavy atom. The number of carbonyl (C=O) groups excluding carboxylic acids is 2. The largest absolute Gasteiger partial charge is 0.367 e. The van der Waals surface area contributed by atoms with E-state index in [1.165, 1.54) is 6.92 Å². The van der Waals surface area contributed by atoms with Gasteiger partial charge in [0, 0.05) is 32.7 Å². The second kappa shape index (κ2) is 9.41. The lowest BCUT2D eigenvalue weighted by Gasteiger charge is -2.31. The van der Waals surface area contributed by atoms with Crippen LogP contribution in [-0.2, 0) is 14.3 Å². The maximum absolute atomic E-state index is 11.2. The number of halogens is 1. The number of carbonyl (C=O) groups is 2. The Hall–Kier alpha value is -0.500. The van der Waals surface area contributed by atoms with Gasteiger partial charge in [-0.15, -0.1) is 0 Å². The van der Waals surface area contributed by atoms with Crippen LogP contribution in [0, 0.1) is 0 Å². The van der Waals surface area contributed by atoms with Crippen molar-refractivity contribution in [3.8, 4) is 0 Å². The van der Waals surface area contributed by atoms with E-state index in [4.69, 9.17) is 4.74 Å². The van der Waals surface area contributed by atoms with Gasteiger partial charge in [-0.3, -0.25) is 9.59 Å². The summed E-state index contributed by atoms with van der Waals surface area (Å²) in [5.74, 6) is -0.0124. The molecule has 0 aromatic heterocycles. The number of ether oxygens (including phenoxy) is 1. The fraction of sp³-hybridized carbons (Fsp3) is 0.833. The van der Waals surface area contributed by atoms with Crippen LogP contribution in [0.4, 0.5) is 0 Å². The molecule has 2 N–H and O–H groups in total. The zero-order valence-corrected chi connectivity index (χ0v) is 12.9. The minimum Gasteiger partial charge on any atom is -0.367 e. The number of hydrogen-bond acceptors (Lipinski definition) is 5. The quantitative estimate of drug-likeness (QED) is 0.658. The Kier molecular flexibility index (Phi) is 8.20. The second-order valence-corrected chi connectivity index (χ2v) is 5.00. The first-order valence-electron chi connectivity index (χ1n) is 6.52. The van der Waals surface area contributed by atoms with E-state index in [1.54, 1.807) is 4.90 Å². The molecule has 0 bridgehead atoms. The summed E-state index contributed by atoms with van der Waals surface area (Å²) < 4.78 is 5.21. The van der Waals surface area contributed by atoms with E-state index in [9.17, 15) is 9.59 Å². The number of nitrogens with zero attached hydrogens (tertiary/aromatic N) is 1. The van der Waals surface area contributed by atoms with E-state index >= 15 is 0 Å². The van der Waals surface area contributed by atoms with Crippen LogP contribution in [0.3, 0.4) is 0 Å². The van der Waals surface area contributed by atoms with Crippen molar-refractivity contribution in [1.82, 2.24) is 15.5 Å². The summed E-state index contributed by atoms with van der Waals surface area (Å²) >= 11 is 3.09. The third kappa shape index (κ3) is 6.47. The number of Topliss-reactive ketones (excluding diaryl/α,β-unsaturated/α-hetero) is 1. The normalized spacial score (nSPS) is 23.3. The van der Waals surface area contributed by atoms with Crippen molar-refractivity contribution in [1.29, 1.82) is 0 Å². The molecular formula is C12H22BrN3O3. The SMILES string of the molecule is C1CNCCN1.CC(=O)C1CN(C(=O)CBr)CCO1. The molecule has 0 spiro atoms. The first-order valence-corrected chi connectivity index (χ1v) is 7.64. The molecule has 0 aromatic carbocycles. The average Bonchev–Trinajstić information content (AvgIpc) is 2.49. The molecule has 1 amide bonds. The van der Waals surface area contributed by atoms with Crippen LogP contribution in [0.25, 0.3) is 0 Å². The fourth-order valence-corrected chi connectivity index (χ4v) is 2.16. The number of piperazine rings is 1. The number of rotatable bonds is 2. The van der Waals surface area contributed by atoms with Gasteiger partial charge >= 0.3 is 0 Å². The highest BCUT2D eigenvalue weighted by Crippen LogP contribution is 2.07. The van der Waals surface area contributed by atoms with Crippen molar-refractivity contribution >= 4 is 27.6 Å². The Labute approximate surface area is 122 Å². The predicted molar refractivity (Wildman–Crippen MR) is 76.5 cm³/mol. The van der Waals surface area contributed by atoms with Gasteiger partial charge in [-0.25, -0.2) is 0 Å². The zero-order chi connectivity index (χ0) is 14.1. The third-order valence-corrected chi connectivity index (χ3v) is 3.42. The molecule has 0 radical (unpaired) electrons. The molecule has 2 fully saturated rings. The molecule has 7 heteroatoms. The first kappa shape index (κ1) is 16.6. The number of alkyl halides is 1. The van der Waals surface area contributed by atoms with E-state index in [1.807, 2.05) is 0 Å². The minimum atomic E-state index is -0.434. The van der Waals surface area contributed by atoms with Crippen molar-refractivity contribution in [2.75, 3.05) is 51.2 Å². The van der Waals surface area contributed by atoms with E-state index in [0.29, 0.717) is 25.0 Å². The lowest BCUT2D eigenvalue weighted by molar-refractivity contribution is -0.143.